The number of piperidine rings is 1. The molecule has 3 rings (SSSR count). The predicted octanol–water partition coefficient (Wildman–Crippen LogP) is 2.68. The molecule has 1 aromatic carbocycles. The Morgan fingerprint density at radius 2 is 2.41 bits per heavy atom. The van der Waals surface area contributed by atoms with Gasteiger partial charge in [0.1, 0.15) is 0 Å². The van der Waals surface area contributed by atoms with Crippen LogP contribution in [0.25, 0.3) is 11.0 Å². The van der Waals surface area contributed by atoms with Gasteiger partial charge in [-0.2, -0.15) is 0 Å². The van der Waals surface area contributed by atoms with Crippen LogP contribution in [0.5, 0.6) is 0 Å². The third-order valence-corrected chi connectivity index (χ3v) is 3.64. The highest BCUT2D eigenvalue weighted by Crippen LogP contribution is 2.22. The van der Waals surface area contributed by atoms with Crippen molar-refractivity contribution in [3.05, 3.63) is 29.5 Å². The molecule has 1 aromatic heterocycles. The van der Waals surface area contributed by atoms with E-state index in [2.05, 4.69) is 22.6 Å². The minimum Gasteiger partial charge on any atom is -0.356 e. The molecule has 1 fully saturated rings. The Balaban J connectivity index is 1.82. The van der Waals surface area contributed by atoms with Gasteiger partial charge in [0.15, 0.2) is 5.58 Å². The minimum atomic E-state index is 0.779. The number of rotatable bonds is 2. The van der Waals surface area contributed by atoms with Gasteiger partial charge >= 0.3 is 0 Å². The number of nitrogens with one attached hydrogen (secondary N) is 1. The van der Waals surface area contributed by atoms with Crippen LogP contribution in [-0.4, -0.2) is 18.2 Å². The van der Waals surface area contributed by atoms with Crippen molar-refractivity contribution < 1.29 is 4.52 Å². The summed E-state index contributed by atoms with van der Waals surface area (Å²) >= 11 is 0. The topological polar surface area (TPSA) is 38.1 Å². The number of aryl methyl sites for hydroxylation is 1. The monoisotopic (exact) mass is 230 g/mol. The Labute approximate surface area is 101 Å². The Morgan fingerprint density at radius 1 is 1.47 bits per heavy atom. The quantitative estimate of drug-likeness (QED) is 0.862. The highest BCUT2D eigenvalue weighted by atomic mass is 16.5. The standard InChI is InChI=1S/C14H18N2O/c1-10-13-8-11(4-5-14(13)17-16-10)7-12-3-2-6-15-9-12/h4-5,8,12,15H,2-3,6-7,9H2,1H3. The molecule has 1 N–H and O–H groups in total. The SMILES string of the molecule is Cc1noc2ccc(CC3CCCNC3)cc12. The molecule has 0 amide bonds. The number of hydrogen-bond donors (Lipinski definition) is 1. The second kappa shape index (κ2) is 4.49. The smallest absolute Gasteiger partial charge is 0.167 e. The number of fused-ring (bicyclic) bond motifs is 1. The van der Waals surface area contributed by atoms with E-state index in [0.29, 0.717) is 0 Å². The van der Waals surface area contributed by atoms with Gasteiger partial charge < -0.3 is 9.84 Å². The first-order valence-corrected chi connectivity index (χ1v) is 6.38. The van der Waals surface area contributed by atoms with E-state index in [-0.39, 0.29) is 0 Å². The molecular weight excluding hydrogens is 212 g/mol. The summed E-state index contributed by atoms with van der Waals surface area (Å²) in [6.45, 7) is 4.33. The molecule has 2 heterocycles. The molecule has 0 spiro atoms. The van der Waals surface area contributed by atoms with Crippen LogP contribution in [0.15, 0.2) is 22.7 Å². The Bertz CT molecular complexity index is 512. The zero-order valence-electron chi connectivity index (χ0n) is 10.2. The maximum atomic E-state index is 5.23. The first-order chi connectivity index (χ1) is 8.33. The first-order valence-electron chi connectivity index (χ1n) is 6.38. The molecular formula is C14H18N2O. The third-order valence-electron chi connectivity index (χ3n) is 3.64. The number of benzene rings is 1. The Morgan fingerprint density at radius 3 is 3.24 bits per heavy atom. The summed E-state index contributed by atoms with van der Waals surface area (Å²) in [6.07, 6.45) is 3.81. The van der Waals surface area contributed by atoms with Crippen molar-refractivity contribution in [1.29, 1.82) is 0 Å². The molecule has 1 saturated heterocycles. The zero-order valence-corrected chi connectivity index (χ0v) is 10.2. The minimum absolute atomic E-state index is 0.779. The van der Waals surface area contributed by atoms with Gasteiger partial charge in [0.05, 0.1) is 5.69 Å². The molecule has 0 bridgehead atoms. The van der Waals surface area contributed by atoms with Gasteiger partial charge in [0, 0.05) is 5.39 Å². The summed E-state index contributed by atoms with van der Waals surface area (Å²) in [7, 11) is 0. The van der Waals surface area contributed by atoms with Crippen LogP contribution < -0.4 is 5.32 Å². The highest BCUT2D eigenvalue weighted by molar-refractivity contribution is 5.79. The molecule has 1 aliphatic heterocycles. The van der Waals surface area contributed by atoms with Crippen molar-refractivity contribution in [1.82, 2.24) is 10.5 Å². The van der Waals surface area contributed by atoms with Crippen LogP contribution in [0, 0.1) is 12.8 Å². The lowest BCUT2D eigenvalue weighted by Crippen LogP contribution is -2.30. The van der Waals surface area contributed by atoms with E-state index >= 15 is 0 Å². The summed E-state index contributed by atoms with van der Waals surface area (Å²) < 4.78 is 5.23. The van der Waals surface area contributed by atoms with Crippen molar-refractivity contribution in [3.63, 3.8) is 0 Å². The molecule has 17 heavy (non-hydrogen) atoms. The average Bonchev–Trinajstić information content (AvgIpc) is 2.73. The lowest BCUT2D eigenvalue weighted by Gasteiger charge is -2.22. The van der Waals surface area contributed by atoms with Crippen molar-refractivity contribution >= 4 is 11.0 Å². The van der Waals surface area contributed by atoms with Gasteiger partial charge in [-0.25, -0.2) is 0 Å². The summed E-state index contributed by atoms with van der Waals surface area (Å²) in [5.74, 6) is 0.779. The van der Waals surface area contributed by atoms with Crippen LogP contribution in [0.2, 0.25) is 0 Å². The molecule has 0 aliphatic carbocycles. The van der Waals surface area contributed by atoms with E-state index in [1.165, 1.54) is 24.9 Å². The van der Waals surface area contributed by atoms with Crippen LogP contribution in [-0.2, 0) is 6.42 Å². The van der Waals surface area contributed by atoms with Crippen LogP contribution >= 0.6 is 0 Å². The maximum absolute atomic E-state index is 5.23. The van der Waals surface area contributed by atoms with Crippen molar-refractivity contribution in [2.24, 2.45) is 5.92 Å². The van der Waals surface area contributed by atoms with Crippen LogP contribution in [0.3, 0.4) is 0 Å². The molecule has 2 aromatic rings. The fourth-order valence-corrected chi connectivity index (χ4v) is 2.66. The fraction of sp³-hybridized carbons (Fsp3) is 0.500. The Kier molecular flexibility index (Phi) is 2.85. The van der Waals surface area contributed by atoms with E-state index in [9.17, 15) is 0 Å². The van der Waals surface area contributed by atoms with Crippen molar-refractivity contribution in [2.45, 2.75) is 26.2 Å². The molecule has 0 saturated carbocycles. The van der Waals surface area contributed by atoms with Crippen LogP contribution in [0.1, 0.15) is 24.1 Å². The lowest BCUT2D eigenvalue weighted by atomic mass is 9.92. The third kappa shape index (κ3) is 2.20. The van der Waals surface area contributed by atoms with Crippen LogP contribution in [0.4, 0.5) is 0 Å². The Hall–Kier alpha value is -1.35. The molecule has 3 heteroatoms. The van der Waals surface area contributed by atoms with E-state index in [0.717, 1.165) is 35.5 Å². The second-order valence-electron chi connectivity index (χ2n) is 5.01. The van der Waals surface area contributed by atoms with Gasteiger partial charge in [0.25, 0.3) is 0 Å². The zero-order chi connectivity index (χ0) is 11.7. The summed E-state index contributed by atoms with van der Waals surface area (Å²) in [5, 5.41) is 8.62. The van der Waals surface area contributed by atoms with Gasteiger partial charge in [-0.1, -0.05) is 11.2 Å². The summed E-state index contributed by atoms with van der Waals surface area (Å²) in [5.41, 5.74) is 3.29. The van der Waals surface area contributed by atoms with E-state index < -0.39 is 0 Å². The second-order valence-corrected chi connectivity index (χ2v) is 5.01. The maximum Gasteiger partial charge on any atom is 0.167 e. The number of aromatic nitrogens is 1. The number of hydrogen-bond acceptors (Lipinski definition) is 3. The highest BCUT2D eigenvalue weighted by Gasteiger charge is 2.14. The fourth-order valence-electron chi connectivity index (χ4n) is 2.66. The normalized spacial score (nSPS) is 20.9. The van der Waals surface area contributed by atoms with E-state index in [1.807, 2.05) is 13.0 Å². The van der Waals surface area contributed by atoms with E-state index in [1.54, 1.807) is 0 Å². The molecule has 90 valence electrons. The predicted molar refractivity (Wildman–Crippen MR) is 68.0 cm³/mol. The van der Waals surface area contributed by atoms with Crippen molar-refractivity contribution in [2.75, 3.05) is 13.1 Å². The lowest BCUT2D eigenvalue weighted by molar-refractivity contribution is 0.376. The molecule has 0 radical (unpaired) electrons. The first kappa shape index (κ1) is 10.8. The largest absolute Gasteiger partial charge is 0.356 e. The average molecular weight is 230 g/mol. The molecule has 1 aliphatic rings. The molecule has 1 unspecified atom stereocenters. The van der Waals surface area contributed by atoms with Gasteiger partial charge in [-0.15, -0.1) is 0 Å². The summed E-state index contributed by atoms with van der Waals surface area (Å²) in [4.78, 5) is 0. The number of nitrogens with zero attached hydrogens (tertiary/aromatic N) is 1. The van der Waals surface area contributed by atoms with Crippen molar-refractivity contribution in [3.8, 4) is 0 Å². The molecule has 3 nitrogen and oxygen atoms in total. The summed E-state index contributed by atoms with van der Waals surface area (Å²) in [6, 6.07) is 6.44. The van der Waals surface area contributed by atoms with Gasteiger partial charge in [-0.3, -0.25) is 0 Å². The van der Waals surface area contributed by atoms with Gasteiger partial charge in [0.2, 0.25) is 0 Å². The van der Waals surface area contributed by atoms with Gasteiger partial charge in [-0.05, 0) is 62.9 Å². The molecule has 1 atom stereocenters. The van der Waals surface area contributed by atoms with E-state index in [4.69, 9.17) is 4.52 Å².